The molecule has 0 radical (unpaired) electrons. The number of likely N-dealkylation sites (N-methyl/N-ethyl adjacent to an activating group) is 1. The molecule has 0 aromatic carbocycles. The Balaban J connectivity index is 2.13. The van der Waals surface area contributed by atoms with Crippen molar-refractivity contribution in [1.82, 2.24) is 9.80 Å². The van der Waals surface area contributed by atoms with Crippen LogP contribution in [0.25, 0.3) is 0 Å². The highest BCUT2D eigenvalue weighted by Gasteiger charge is 2.32. The van der Waals surface area contributed by atoms with E-state index in [1.807, 2.05) is 0 Å². The number of urea groups is 1. The van der Waals surface area contributed by atoms with Gasteiger partial charge in [0.05, 0.1) is 0 Å². The summed E-state index contributed by atoms with van der Waals surface area (Å²) in [5, 5.41) is 0. The molecule has 0 saturated carbocycles. The molecule has 0 aromatic heterocycles. The van der Waals surface area contributed by atoms with Crippen molar-refractivity contribution in [3.8, 4) is 0 Å². The number of rotatable bonds is 7. The average Bonchev–Trinajstić information content (AvgIpc) is 2.49. The largest absolute Gasteiger partial charge is 0.326 e. The molecule has 1 aliphatic heterocycles. The van der Waals surface area contributed by atoms with Crippen molar-refractivity contribution in [2.45, 2.75) is 45.4 Å². The molecule has 0 N–H and O–H groups in total. The van der Waals surface area contributed by atoms with Crippen LogP contribution in [0, 0.1) is 0 Å². The summed E-state index contributed by atoms with van der Waals surface area (Å²) in [6.07, 6.45) is 7.05. The van der Waals surface area contributed by atoms with Gasteiger partial charge in [0.2, 0.25) is 5.91 Å². The van der Waals surface area contributed by atoms with E-state index in [4.69, 9.17) is 0 Å². The summed E-state index contributed by atoms with van der Waals surface area (Å²) in [7, 11) is 1.67. The van der Waals surface area contributed by atoms with Crippen LogP contribution in [0.3, 0.4) is 0 Å². The Hall–Kier alpha value is -1.06. The summed E-state index contributed by atoms with van der Waals surface area (Å²) in [4.78, 5) is 25.8. The zero-order valence-electron chi connectivity index (χ0n) is 10.4. The quantitative estimate of drug-likeness (QED) is 0.493. The third-order valence-electron chi connectivity index (χ3n) is 2.97. The first kappa shape index (κ1) is 13.0. The summed E-state index contributed by atoms with van der Waals surface area (Å²) < 4.78 is 0. The molecule has 4 heteroatoms. The van der Waals surface area contributed by atoms with Gasteiger partial charge < -0.3 is 4.90 Å². The number of carbonyl (C=O) groups is 2. The molecule has 0 unspecified atom stereocenters. The molecule has 1 fully saturated rings. The Morgan fingerprint density at radius 2 is 1.69 bits per heavy atom. The minimum absolute atomic E-state index is 0.0546. The van der Waals surface area contributed by atoms with Gasteiger partial charge in [0.25, 0.3) is 0 Å². The van der Waals surface area contributed by atoms with Crippen molar-refractivity contribution in [3.05, 3.63) is 0 Å². The van der Waals surface area contributed by atoms with Crippen LogP contribution in [0.4, 0.5) is 4.79 Å². The minimum atomic E-state index is -0.140. The summed E-state index contributed by atoms with van der Waals surface area (Å²) in [5.41, 5.74) is 0. The second-order valence-corrected chi connectivity index (χ2v) is 4.45. The van der Waals surface area contributed by atoms with E-state index >= 15 is 0 Å². The van der Waals surface area contributed by atoms with E-state index in [0.717, 1.165) is 12.8 Å². The van der Waals surface area contributed by atoms with Crippen molar-refractivity contribution >= 4 is 11.9 Å². The summed E-state index contributed by atoms with van der Waals surface area (Å²) in [6.45, 7) is 3.03. The maximum Gasteiger partial charge on any atom is 0.326 e. The molecule has 1 saturated heterocycles. The SMILES string of the molecule is CCCCCCCCN1C(=O)CN(C)C1=O. The van der Waals surface area contributed by atoms with Gasteiger partial charge >= 0.3 is 6.03 Å². The highest BCUT2D eigenvalue weighted by Crippen LogP contribution is 2.11. The lowest BCUT2D eigenvalue weighted by Gasteiger charge is -2.13. The van der Waals surface area contributed by atoms with E-state index in [0.29, 0.717) is 6.54 Å². The fourth-order valence-corrected chi connectivity index (χ4v) is 1.94. The normalized spacial score (nSPS) is 16.4. The minimum Gasteiger partial charge on any atom is -0.318 e. The lowest BCUT2D eigenvalue weighted by molar-refractivity contribution is -0.125. The Kier molecular flexibility index (Phi) is 5.29. The van der Waals surface area contributed by atoms with Gasteiger partial charge in [0.15, 0.2) is 0 Å². The molecule has 16 heavy (non-hydrogen) atoms. The lowest BCUT2D eigenvalue weighted by Crippen LogP contribution is -2.32. The highest BCUT2D eigenvalue weighted by atomic mass is 16.2. The van der Waals surface area contributed by atoms with Crippen LogP contribution < -0.4 is 0 Å². The van der Waals surface area contributed by atoms with Gasteiger partial charge in [-0.15, -0.1) is 0 Å². The van der Waals surface area contributed by atoms with Crippen LogP contribution in [0.1, 0.15) is 45.4 Å². The zero-order valence-corrected chi connectivity index (χ0v) is 10.4. The van der Waals surface area contributed by atoms with Crippen LogP contribution in [0.15, 0.2) is 0 Å². The van der Waals surface area contributed by atoms with E-state index in [2.05, 4.69) is 6.92 Å². The first-order valence-electron chi connectivity index (χ1n) is 6.22. The van der Waals surface area contributed by atoms with Gasteiger partial charge in [0, 0.05) is 13.6 Å². The molecule has 1 rings (SSSR count). The van der Waals surface area contributed by atoms with Crippen molar-refractivity contribution < 1.29 is 9.59 Å². The van der Waals surface area contributed by atoms with E-state index in [9.17, 15) is 9.59 Å². The van der Waals surface area contributed by atoms with Gasteiger partial charge in [0.1, 0.15) is 6.54 Å². The highest BCUT2D eigenvalue weighted by molar-refractivity contribution is 6.01. The first-order chi connectivity index (χ1) is 7.66. The van der Waals surface area contributed by atoms with Gasteiger partial charge in [-0.1, -0.05) is 39.0 Å². The maximum absolute atomic E-state index is 11.5. The van der Waals surface area contributed by atoms with E-state index in [1.54, 1.807) is 7.05 Å². The molecule has 0 aromatic rings. The van der Waals surface area contributed by atoms with Crippen molar-refractivity contribution in [3.63, 3.8) is 0 Å². The van der Waals surface area contributed by atoms with Gasteiger partial charge in [-0.05, 0) is 6.42 Å². The van der Waals surface area contributed by atoms with Crippen LogP contribution in [0.2, 0.25) is 0 Å². The monoisotopic (exact) mass is 226 g/mol. The molecule has 1 aliphatic rings. The van der Waals surface area contributed by atoms with Gasteiger partial charge in [-0.25, -0.2) is 4.79 Å². The second-order valence-electron chi connectivity index (χ2n) is 4.45. The van der Waals surface area contributed by atoms with Crippen LogP contribution in [0.5, 0.6) is 0 Å². The molecule has 1 heterocycles. The Labute approximate surface area is 97.6 Å². The number of hydrogen-bond acceptors (Lipinski definition) is 2. The van der Waals surface area contributed by atoms with Gasteiger partial charge in [-0.3, -0.25) is 9.69 Å². The van der Waals surface area contributed by atoms with Crippen molar-refractivity contribution in [2.75, 3.05) is 20.1 Å². The number of unbranched alkanes of at least 4 members (excludes halogenated alkanes) is 5. The molecule has 4 nitrogen and oxygen atoms in total. The van der Waals surface area contributed by atoms with Crippen molar-refractivity contribution in [1.29, 1.82) is 0 Å². The Bertz CT molecular complexity index is 253. The Morgan fingerprint density at radius 3 is 2.25 bits per heavy atom. The summed E-state index contributed by atoms with van der Waals surface area (Å²) in [5.74, 6) is -0.0546. The standard InChI is InChI=1S/C12H22N2O2/c1-3-4-5-6-7-8-9-14-11(15)10-13(2)12(14)16/h3-10H2,1-2H3. The van der Waals surface area contributed by atoms with Crippen LogP contribution >= 0.6 is 0 Å². The average molecular weight is 226 g/mol. The van der Waals surface area contributed by atoms with Crippen LogP contribution in [-0.4, -0.2) is 41.9 Å². The number of hydrogen-bond donors (Lipinski definition) is 0. The molecule has 0 atom stereocenters. The number of carbonyl (C=O) groups excluding carboxylic acids is 2. The molecular weight excluding hydrogens is 204 g/mol. The van der Waals surface area contributed by atoms with E-state index < -0.39 is 0 Å². The molecular formula is C12H22N2O2. The third kappa shape index (κ3) is 3.51. The lowest BCUT2D eigenvalue weighted by atomic mass is 10.1. The fraction of sp³-hybridized carbons (Fsp3) is 0.833. The summed E-state index contributed by atoms with van der Waals surface area (Å²) >= 11 is 0. The molecule has 0 bridgehead atoms. The van der Waals surface area contributed by atoms with Gasteiger partial charge in [-0.2, -0.15) is 0 Å². The fourth-order valence-electron chi connectivity index (χ4n) is 1.94. The zero-order chi connectivity index (χ0) is 12.0. The number of nitrogens with zero attached hydrogens (tertiary/aromatic N) is 2. The maximum atomic E-state index is 11.5. The molecule has 0 aliphatic carbocycles. The molecule has 92 valence electrons. The number of amides is 3. The summed E-state index contributed by atoms with van der Waals surface area (Å²) in [6, 6.07) is -0.140. The van der Waals surface area contributed by atoms with E-state index in [-0.39, 0.29) is 18.5 Å². The first-order valence-corrected chi connectivity index (χ1v) is 6.22. The van der Waals surface area contributed by atoms with Crippen LogP contribution in [-0.2, 0) is 4.79 Å². The predicted octanol–water partition coefficient (Wildman–Crippen LogP) is 2.24. The topological polar surface area (TPSA) is 40.6 Å². The number of imide groups is 1. The third-order valence-corrected chi connectivity index (χ3v) is 2.97. The smallest absolute Gasteiger partial charge is 0.318 e. The molecule has 0 spiro atoms. The van der Waals surface area contributed by atoms with E-state index in [1.165, 1.54) is 35.5 Å². The second kappa shape index (κ2) is 6.51. The van der Waals surface area contributed by atoms with Crippen molar-refractivity contribution in [2.24, 2.45) is 0 Å². The molecule has 3 amide bonds. The Morgan fingerprint density at radius 1 is 1.06 bits per heavy atom. The predicted molar refractivity (Wildman–Crippen MR) is 63.1 cm³/mol.